The molecule has 0 atom stereocenters. The molecular weight excluding hydrogens is 257 g/mol. The van der Waals surface area contributed by atoms with Gasteiger partial charge in [-0.2, -0.15) is 0 Å². The standard InChI is InChI=1S/C12H14O7/c1-5-18-12(15)9-8(11(14)17-4)7(6(2)19-9)10(13)16-3/h5H2,1-4H3/i2+1. The highest BCUT2D eigenvalue weighted by Gasteiger charge is 2.33. The van der Waals surface area contributed by atoms with Crippen molar-refractivity contribution in [2.75, 3.05) is 20.8 Å². The van der Waals surface area contributed by atoms with Crippen LogP contribution in [0.3, 0.4) is 0 Å². The number of methoxy groups -OCH3 is 2. The van der Waals surface area contributed by atoms with Gasteiger partial charge in [-0.25, -0.2) is 14.4 Å². The molecule has 19 heavy (non-hydrogen) atoms. The number of carbonyl (C=O) groups excluding carboxylic acids is 3. The minimum Gasteiger partial charge on any atom is -0.465 e. The molecule has 0 amide bonds. The lowest BCUT2D eigenvalue weighted by molar-refractivity contribution is 0.0467. The van der Waals surface area contributed by atoms with E-state index in [-0.39, 0.29) is 29.3 Å². The maximum atomic E-state index is 11.7. The van der Waals surface area contributed by atoms with Crippen molar-refractivity contribution in [1.29, 1.82) is 0 Å². The van der Waals surface area contributed by atoms with Crippen molar-refractivity contribution < 1.29 is 33.0 Å². The molecule has 104 valence electrons. The second-order valence-electron chi connectivity index (χ2n) is 3.44. The van der Waals surface area contributed by atoms with Crippen molar-refractivity contribution >= 4 is 17.9 Å². The van der Waals surface area contributed by atoms with E-state index in [4.69, 9.17) is 9.15 Å². The zero-order valence-corrected chi connectivity index (χ0v) is 11.1. The number of ether oxygens (including phenoxy) is 3. The zero-order chi connectivity index (χ0) is 14.6. The molecule has 0 aliphatic rings. The van der Waals surface area contributed by atoms with Gasteiger partial charge in [-0.05, 0) is 13.8 Å². The van der Waals surface area contributed by atoms with Gasteiger partial charge >= 0.3 is 17.9 Å². The third-order valence-electron chi connectivity index (χ3n) is 2.32. The topological polar surface area (TPSA) is 92.0 Å². The van der Waals surface area contributed by atoms with E-state index in [1.54, 1.807) is 6.92 Å². The fraction of sp³-hybridized carbons (Fsp3) is 0.417. The number of furan rings is 1. The first-order valence-corrected chi connectivity index (χ1v) is 5.45. The highest BCUT2D eigenvalue weighted by atomic mass is 16.6. The van der Waals surface area contributed by atoms with Crippen LogP contribution in [0.4, 0.5) is 0 Å². The van der Waals surface area contributed by atoms with E-state index in [9.17, 15) is 14.4 Å². The second kappa shape index (κ2) is 6.03. The van der Waals surface area contributed by atoms with Crippen LogP contribution >= 0.6 is 0 Å². The van der Waals surface area contributed by atoms with Crippen LogP contribution in [-0.4, -0.2) is 38.7 Å². The molecule has 7 nitrogen and oxygen atoms in total. The van der Waals surface area contributed by atoms with Crippen molar-refractivity contribution in [3.8, 4) is 0 Å². The largest absolute Gasteiger partial charge is 0.465 e. The fourth-order valence-electron chi connectivity index (χ4n) is 1.53. The van der Waals surface area contributed by atoms with E-state index in [1.807, 2.05) is 0 Å². The van der Waals surface area contributed by atoms with Gasteiger partial charge in [0.15, 0.2) is 0 Å². The summed E-state index contributed by atoms with van der Waals surface area (Å²) in [6.45, 7) is 3.14. The number of esters is 3. The van der Waals surface area contributed by atoms with E-state index >= 15 is 0 Å². The van der Waals surface area contributed by atoms with Gasteiger partial charge in [0, 0.05) is 0 Å². The molecule has 0 fully saturated rings. The van der Waals surface area contributed by atoms with E-state index in [0.717, 1.165) is 14.2 Å². The molecule has 0 unspecified atom stereocenters. The van der Waals surface area contributed by atoms with E-state index in [2.05, 4.69) is 9.47 Å². The van der Waals surface area contributed by atoms with Gasteiger partial charge < -0.3 is 18.6 Å². The molecule has 1 aromatic heterocycles. The predicted octanol–water partition coefficient (Wildman–Crippen LogP) is 1.34. The monoisotopic (exact) mass is 271 g/mol. The predicted molar refractivity (Wildman–Crippen MR) is 62.1 cm³/mol. The Morgan fingerprint density at radius 2 is 1.53 bits per heavy atom. The summed E-state index contributed by atoms with van der Waals surface area (Å²) in [4.78, 5) is 35.0. The molecule has 0 spiro atoms. The fourth-order valence-corrected chi connectivity index (χ4v) is 1.53. The average molecular weight is 271 g/mol. The molecule has 1 heterocycles. The Hall–Kier alpha value is -2.31. The third kappa shape index (κ3) is 2.75. The normalized spacial score (nSPS) is 9.89. The molecule has 7 heteroatoms. The van der Waals surface area contributed by atoms with E-state index in [1.165, 1.54) is 6.92 Å². The van der Waals surface area contributed by atoms with Crippen LogP contribution in [-0.2, 0) is 14.2 Å². The number of rotatable bonds is 4. The van der Waals surface area contributed by atoms with Crippen LogP contribution in [0, 0.1) is 6.92 Å². The molecule has 0 radical (unpaired) electrons. The maximum absolute atomic E-state index is 11.7. The smallest absolute Gasteiger partial charge is 0.375 e. The van der Waals surface area contributed by atoms with Gasteiger partial charge in [0.1, 0.15) is 16.9 Å². The number of hydrogen-bond acceptors (Lipinski definition) is 7. The van der Waals surface area contributed by atoms with Crippen LogP contribution in [0.15, 0.2) is 4.42 Å². The summed E-state index contributed by atoms with van der Waals surface area (Å²) in [5.74, 6) is -2.81. The summed E-state index contributed by atoms with van der Waals surface area (Å²) in [5.41, 5.74) is -0.428. The van der Waals surface area contributed by atoms with Crippen molar-refractivity contribution in [3.63, 3.8) is 0 Å². The molecule has 0 aliphatic carbocycles. The van der Waals surface area contributed by atoms with Crippen molar-refractivity contribution in [3.05, 3.63) is 22.6 Å². The summed E-state index contributed by atoms with van der Waals surface area (Å²) in [5, 5.41) is 0. The Kier molecular flexibility index (Phi) is 4.68. The maximum Gasteiger partial charge on any atom is 0.375 e. The number of hydrogen-bond donors (Lipinski definition) is 0. The SMILES string of the molecule is CCOC(=O)c1oc([13CH3])c(C(=O)OC)c1C(=O)OC. The molecule has 0 N–H and O–H groups in total. The molecule has 1 aromatic rings. The van der Waals surface area contributed by atoms with Gasteiger partial charge in [0.05, 0.1) is 20.8 Å². The Balaban J connectivity index is 3.44. The Morgan fingerprint density at radius 1 is 1.00 bits per heavy atom. The highest BCUT2D eigenvalue weighted by molar-refractivity contribution is 6.10. The minimum absolute atomic E-state index is 0.0790. The molecular formula is C12H14O7. The third-order valence-corrected chi connectivity index (χ3v) is 2.32. The second-order valence-corrected chi connectivity index (χ2v) is 3.44. The van der Waals surface area contributed by atoms with Crippen molar-refractivity contribution in [1.82, 2.24) is 0 Å². The summed E-state index contributed by atoms with van der Waals surface area (Å²) in [6, 6.07) is 0. The Labute approximate surface area is 109 Å². The first kappa shape index (κ1) is 14.7. The van der Waals surface area contributed by atoms with Crippen LogP contribution in [0.1, 0.15) is 44.0 Å². The summed E-state index contributed by atoms with van der Waals surface area (Å²) < 4.78 is 19.0. The molecule has 0 saturated heterocycles. The van der Waals surface area contributed by atoms with Gasteiger partial charge in [-0.3, -0.25) is 0 Å². The molecule has 0 bridgehead atoms. The minimum atomic E-state index is -0.875. The summed E-state index contributed by atoms with van der Waals surface area (Å²) in [7, 11) is 2.28. The quantitative estimate of drug-likeness (QED) is 0.463. The lowest BCUT2D eigenvalue weighted by Gasteiger charge is -2.03. The van der Waals surface area contributed by atoms with Gasteiger partial charge in [-0.1, -0.05) is 0 Å². The van der Waals surface area contributed by atoms with E-state index < -0.39 is 17.9 Å². The van der Waals surface area contributed by atoms with Gasteiger partial charge in [0.25, 0.3) is 0 Å². The molecule has 1 rings (SSSR count). The molecule has 0 saturated carbocycles. The average Bonchev–Trinajstić information content (AvgIpc) is 2.75. The summed E-state index contributed by atoms with van der Waals surface area (Å²) >= 11 is 0. The Bertz CT molecular complexity index is 512. The van der Waals surface area contributed by atoms with Crippen LogP contribution in [0.25, 0.3) is 0 Å². The van der Waals surface area contributed by atoms with Gasteiger partial charge in [-0.15, -0.1) is 0 Å². The zero-order valence-electron chi connectivity index (χ0n) is 11.1. The number of carbonyl (C=O) groups is 3. The molecule has 0 aromatic carbocycles. The van der Waals surface area contributed by atoms with E-state index in [0.29, 0.717) is 0 Å². The Morgan fingerprint density at radius 3 is 2.00 bits per heavy atom. The first-order chi connectivity index (χ1) is 8.97. The lowest BCUT2D eigenvalue weighted by atomic mass is 10.1. The first-order valence-electron chi connectivity index (χ1n) is 5.45. The van der Waals surface area contributed by atoms with Crippen molar-refractivity contribution in [2.45, 2.75) is 13.8 Å². The van der Waals surface area contributed by atoms with Crippen LogP contribution < -0.4 is 0 Å². The summed E-state index contributed by atoms with van der Waals surface area (Å²) in [6.07, 6.45) is 0. The van der Waals surface area contributed by atoms with Crippen LogP contribution in [0.5, 0.6) is 0 Å². The van der Waals surface area contributed by atoms with Crippen LogP contribution in [0.2, 0.25) is 0 Å². The van der Waals surface area contributed by atoms with Crippen molar-refractivity contribution in [2.24, 2.45) is 0 Å². The number of aryl methyl sites for hydroxylation is 1. The van der Waals surface area contributed by atoms with Gasteiger partial charge in [0.2, 0.25) is 5.76 Å². The highest BCUT2D eigenvalue weighted by Crippen LogP contribution is 2.25. The molecule has 0 aliphatic heterocycles. The lowest BCUT2D eigenvalue weighted by Crippen LogP contribution is -2.15.